The molecule has 0 aliphatic rings. The molecular weight excluding hydrogens is 524 g/mol. The molecule has 0 saturated heterocycles. The van der Waals surface area contributed by atoms with E-state index in [4.69, 9.17) is 14.6 Å². The van der Waals surface area contributed by atoms with Gasteiger partial charge in [-0.05, 0) is 49.2 Å². The van der Waals surface area contributed by atoms with Crippen molar-refractivity contribution in [2.24, 2.45) is 0 Å². The Kier molecular flexibility index (Phi) is 11.2. The number of ether oxygens (including phenoxy) is 3. The third-order valence-electron chi connectivity index (χ3n) is 5.27. The zero-order chi connectivity index (χ0) is 28.3. The van der Waals surface area contributed by atoms with E-state index in [9.17, 15) is 35.9 Å². The number of nitrogens with zero attached hydrogens (tertiary/aromatic N) is 1. The molecule has 2 rings (SSSR count). The number of rotatable bonds is 14. The number of hydrogen-bond donors (Lipinski definition) is 1. The molecule has 7 nitrogen and oxygen atoms in total. The second-order valence-corrected chi connectivity index (χ2v) is 8.30. The van der Waals surface area contributed by atoms with Crippen LogP contribution in [-0.2, 0) is 27.2 Å². The summed E-state index contributed by atoms with van der Waals surface area (Å²) in [5.41, 5.74) is 1.24. The number of carbonyl (C=O) groups excluding carboxylic acids is 1. The molecule has 1 atom stereocenters. The standard InChI is InChI=1S/C25H27F6NO6/c1-32(24(26,27)28)14-13-20(37-23(35)12-11-22(33)34)16-36-21-8-3-2-6-18(21)10-9-17-5-4-7-19(15-17)38-25(29,30)31/h2-8,15,20H,9-14,16H2,1H3,(H,33,34). The van der Waals surface area contributed by atoms with Gasteiger partial charge in [-0.1, -0.05) is 30.3 Å². The van der Waals surface area contributed by atoms with E-state index in [2.05, 4.69) is 4.74 Å². The lowest BCUT2D eigenvalue weighted by Gasteiger charge is -2.24. The second kappa shape index (κ2) is 13.9. The van der Waals surface area contributed by atoms with Gasteiger partial charge in [0, 0.05) is 13.0 Å². The highest BCUT2D eigenvalue weighted by molar-refractivity contribution is 5.76. The fourth-order valence-electron chi connectivity index (χ4n) is 3.31. The van der Waals surface area contributed by atoms with Gasteiger partial charge in [-0.3, -0.25) is 9.59 Å². The van der Waals surface area contributed by atoms with Crippen LogP contribution < -0.4 is 9.47 Å². The van der Waals surface area contributed by atoms with Gasteiger partial charge in [-0.2, -0.15) is 13.2 Å². The van der Waals surface area contributed by atoms with E-state index >= 15 is 0 Å². The molecule has 0 fully saturated rings. The van der Waals surface area contributed by atoms with Crippen LogP contribution in [-0.4, -0.2) is 60.9 Å². The van der Waals surface area contributed by atoms with Crippen molar-refractivity contribution < 1.29 is 55.2 Å². The molecule has 0 radical (unpaired) electrons. The van der Waals surface area contributed by atoms with E-state index in [0.717, 1.165) is 7.05 Å². The largest absolute Gasteiger partial charge is 0.573 e. The highest BCUT2D eigenvalue weighted by Crippen LogP contribution is 2.26. The number of halogens is 6. The number of esters is 1. The zero-order valence-corrected chi connectivity index (χ0v) is 20.3. The topological polar surface area (TPSA) is 85.3 Å². The van der Waals surface area contributed by atoms with E-state index in [1.54, 1.807) is 30.3 Å². The summed E-state index contributed by atoms with van der Waals surface area (Å²) in [7, 11) is 0.841. The van der Waals surface area contributed by atoms with Gasteiger partial charge < -0.3 is 19.3 Å². The number of para-hydroxylation sites is 1. The van der Waals surface area contributed by atoms with Crippen LogP contribution in [0.5, 0.6) is 11.5 Å². The van der Waals surface area contributed by atoms with Crippen molar-refractivity contribution in [3.05, 3.63) is 59.7 Å². The number of hydrogen-bond acceptors (Lipinski definition) is 6. The van der Waals surface area contributed by atoms with Crippen LogP contribution in [0.2, 0.25) is 0 Å². The Morgan fingerprint density at radius 3 is 2.34 bits per heavy atom. The fourth-order valence-corrected chi connectivity index (χ4v) is 3.31. The van der Waals surface area contributed by atoms with Gasteiger partial charge >= 0.3 is 24.6 Å². The van der Waals surface area contributed by atoms with Gasteiger partial charge in [0.25, 0.3) is 0 Å². The number of benzene rings is 2. The lowest BCUT2D eigenvalue weighted by molar-refractivity contribution is -0.274. The van der Waals surface area contributed by atoms with E-state index in [1.807, 2.05) is 0 Å². The first kappa shape index (κ1) is 30.7. The number of carboxylic acids is 1. The van der Waals surface area contributed by atoms with Crippen molar-refractivity contribution >= 4 is 11.9 Å². The smallest absolute Gasteiger partial charge is 0.489 e. The molecule has 0 aliphatic carbocycles. The van der Waals surface area contributed by atoms with Crippen molar-refractivity contribution in [3.8, 4) is 11.5 Å². The average molecular weight is 551 g/mol. The van der Waals surface area contributed by atoms with Crippen LogP contribution in [0.4, 0.5) is 26.3 Å². The van der Waals surface area contributed by atoms with E-state index in [0.29, 0.717) is 29.7 Å². The molecule has 0 spiro atoms. The number of aryl methyl sites for hydroxylation is 2. The fraction of sp³-hybridized carbons (Fsp3) is 0.440. The Labute approximate surface area is 214 Å². The summed E-state index contributed by atoms with van der Waals surface area (Å²) >= 11 is 0. The van der Waals surface area contributed by atoms with Gasteiger partial charge in [0.2, 0.25) is 0 Å². The molecular formula is C25H27F6NO6. The Hall–Kier alpha value is -3.48. The molecule has 0 aromatic heterocycles. The molecule has 13 heteroatoms. The van der Waals surface area contributed by atoms with Gasteiger partial charge in [0.15, 0.2) is 0 Å². The van der Waals surface area contributed by atoms with Gasteiger partial charge in [0.1, 0.15) is 24.2 Å². The number of aliphatic carboxylic acids is 1. The normalized spacial score (nSPS) is 12.7. The van der Waals surface area contributed by atoms with E-state index in [-0.39, 0.29) is 23.7 Å². The molecule has 0 heterocycles. The Bertz CT molecular complexity index is 1060. The summed E-state index contributed by atoms with van der Waals surface area (Å²) in [4.78, 5) is 22.8. The number of carbonyl (C=O) groups is 2. The molecule has 1 N–H and O–H groups in total. The maximum atomic E-state index is 12.9. The molecule has 0 amide bonds. The molecule has 1 unspecified atom stereocenters. The summed E-state index contributed by atoms with van der Waals surface area (Å²) in [6.07, 6.45) is -11.0. The monoisotopic (exact) mass is 551 g/mol. The van der Waals surface area contributed by atoms with Crippen molar-refractivity contribution in [3.63, 3.8) is 0 Å². The van der Waals surface area contributed by atoms with Gasteiger partial charge in [-0.25, -0.2) is 4.90 Å². The van der Waals surface area contributed by atoms with Crippen LogP contribution in [0.3, 0.4) is 0 Å². The predicted molar refractivity (Wildman–Crippen MR) is 123 cm³/mol. The van der Waals surface area contributed by atoms with E-state index < -0.39 is 50.1 Å². The van der Waals surface area contributed by atoms with Crippen LogP contribution in [0, 0.1) is 0 Å². The molecule has 0 bridgehead atoms. The second-order valence-electron chi connectivity index (χ2n) is 8.30. The lowest BCUT2D eigenvalue weighted by Crippen LogP contribution is -2.38. The molecule has 210 valence electrons. The van der Waals surface area contributed by atoms with Gasteiger partial charge in [-0.15, -0.1) is 13.2 Å². The van der Waals surface area contributed by atoms with E-state index in [1.165, 1.54) is 18.2 Å². The quantitative estimate of drug-likeness (QED) is 0.192. The third-order valence-corrected chi connectivity index (χ3v) is 5.27. The van der Waals surface area contributed by atoms with Crippen LogP contribution in [0.25, 0.3) is 0 Å². The van der Waals surface area contributed by atoms with Gasteiger partial charge in [0.05, 0.1) is 12.8 Å². The third kappa shape index (κ3) is 11.7. The molecule has 0 saturated carbocycles. The highest BCUT2D eigenvalue weighted by Gasteiger charge is 2.34. The first-order chi connectivity index (χ1) is 17.7. The Balaban J connectivity index is 2.05. The maximum absolute atomic E-state index is 12.9. The van der Waals surface area contributed by atoms with Crippen molar-refractivity contribution in [1.82, 2.24) is 4.90 Å². The summed E-state index contributed by atoms with van der Waals surface area (Å²) < 4.78 is 90.9. The van der Waals surface area contributed by atoms with Crippen LogP contribution in [0.15, 0.2) is 48.5 Å². The summed E-state index contributed by atoms with van der Waals surface area (Å²) in [5.74, 6) is -2.11. The van der Waals surface area contributed by atoms with Crippen molar-refractivity contribution in [2.75, 3.05) is 20.2 Å². The van der Waals surface area contributed by atoms with Crippen LogP contribution >= 0.6 is 0 Å². The van der Waals surface area contributed by atoms with Crippen molar-refractivity contribution in [1.29, 1.82) is 0 Å². The minimum atomic E-state index is -4.82. The molecule has 38 heavy (non-hydrogen) atoms. The number of alkyl halides is 6. The first-order valence-corrected chi connectivity index (χ1v) is 11.5. The molecule has 2 aromatic rings. The van der Waals surface area contributed by atoms with Crippen molar-refractivity contribution in [2.45, 2.75) is 50.9 Å². The number of carboxylic acid groups (broad SMARTS) is 1. The highest BCUT2D eigenvalue weighted by atomic mass is 19.4. The maximum Gasteiger partial charge on any atom is 0.573 e. The lowest BCUT2D eigenvalue weighted by atomic mass is 10.0. The Morgan fingerprint density at radius 2 is 1.68 bits per heavy atom. The summed E-state index contributed by atoms with van der Waals surface area (Å²) in [6.45, 7) is -0.794. The van der Waals surface area contributed by atoms with Crippen LogP contribution in [0.1, 0.15) is 30.4 Å². The molecule has 2 aromatic carbocycles. The summed E-state index contributed by atoms with van der Waals surface area (Å²) in [5, 5.41) is 8.72. The zero-order valence-electron chi connectivity index (χ0n) is 20.3. The minimum Gasteiger partial charge on any atom is -0.489 e. The molecule has 0 aliphatic heterocycles. The summed E-state index contributed by atoms with van der Waals surface area (Å²) in [6, 6.07) is 12.2. The SMILES string of the molecule is CN(CCC(COc1ccccc1CCc1cccc(OC(F)(F)F)c1)OC(=O)CCC(=O)O)C(F)(F)F. The predicted octanol–water partition coefficient (Wildman–Crippen LogP) is 5.37. The average Bonchev–Trinajstić information content (AvgIpc) is 2.82. The minimum absolute atomic E-state index is 0.121. The Morgan fingerprint density at radius 1 is 0.974 bits per heavy atom. The first-order valence-electron chi connectivity index (χ1n) is 11.5.